The smallest absolute Gasteiger partial charge is 0.127 e. The van der Waals surface area contributed by atoms with Crippen molar-refractivity contribution in [3.8, 4) is 0 Å². The average molecular weight is 237 g/mol. The van der Waals surface area contributed by atoms with Gasteiger partial charge < -0.3 is 10.3 Å². The van der Waals surface area contributed by atoms with Gasteiger partial charge in [0, 0.05) is 17.9 Å². The minimum Gasteiger partial charge on any atom is -0.384 e. The maximum atomic E-state index is 6.30. The first-order valence-corrected chi connectivity index (χ1v) is 6.70. The molecule has 0 radical (unpaired) electrons. The number of hydrogen-bond donors (Lipinski definition) is 1. The van der Waals surface area contributed by atoms with Crippen LogP contribution in [0.1, 0.15) is 71.8 Å². The molecular formula is C14H27N3. The van der Waals surface area contributed by atoms with Crippen molar-refractivity contribution < 1.29 is 0 Å². The molecule has 3 nitrogen and oxygen atoms in total. The normalized spacial score (nSPS) is 14.0. The number of nitrogen functional groups attached to an aromatic ring is 1. The molecule has 0 aliphatic carbocycles. The lowest BCUT2D eigenvalue weighted by Gasteiger charge is -2.25. The summed E-state index contributed by atoms with van der Waals surface area (Å²) in [5, 5.41) is 0. The van der Waals surface area contributed by atoms with Gasteiger partial charge in [0.05, 0.1) is 5.69 Å². The fourth-order valence-electron chi connectivity index (χ4n) is 2.42. The van der Waals surface area contributed by atoms with E-state index in [1.807, 2.05) is 0 Å². The molecular weight excluding hydrogens is 210 g/mol. The van der Waals surface area contributed by atoms with Gasteiger partial charge in [-0.05, 0) is 27.2 Å². The third kappa shape index (κ3) is 2.82. The maximum Gasteiger partial charge on any atom is 0.127 e. The van der Waals surface area contributed by atoms with Gasteiger partial charge in [-0.25, -0.2) is 4.98 Å². The molecule has 2 N–H and O–H groups in total. The van der Waals surface area contributed by atoms with Crippen LogP contribution < -0.4 is 5.73 Å². The Morgan fingerprint density at radius 1 is 1.29 bits per heavy atom. The Balaban J connectivity index is 3.24. The summed E-state index contributed by atoms with van der Waals surface area (Å²) in [7, 11) is 0. The predicted octanol–water partition coefficient (Wildman–Crippen LogP) is 3.69. The zero-order valence-electron chi connectivity index (χ0n) is 12.2. The van der Waals surface area contributed by atoms with Gasteiger partial charge in [-0.3, -0.25) is 0 Å². The topological polar surface area (TPSA) is 43.8 Å². The molecule has 0 saturated heterocycles. The van der Waals surface area contributed by atoms with Crippen molar-refractivity contribution in [3.05, 3.63) is 11.5 Å². The van der Waals surface area contributed by atoms with Crippen LogP contribution in [0.25, 0.3) is 0 Å². The molecule has 0 fully saturated rings. The van der Waals surface area contributed by atoms with E-state index in [4.69, 9.17) is 10.7 Å². The SMILES string of the molecule is CCCC(C)c1nc(CC)n(C(C)(C)C)c1N. The molecule has 0 aliphatic heterocycles. The van der Waals surface area contributed by atoms with E-state index in [1.54, 1.807) is 0 Å². The van der Waals surface area contributed by atoms with Gasteiger partial charge in [0.2, 0.25) is 0 Å². The van der Waals surface area contributed by atoms with Crippen LogP contribution in [0.4, 0.5) is 5.82 Å². The number of aryl methyl sites for hydroxylation is 1. The minimum absolute atomic E-state index is 0.00656. The number of rotatable bonds is 4. The summed E-state index contributed by atoms with van der Waals surface area (Å²) in [5.41, 5.74) is 7.39. The second kappa shape index (κ2) is 5.11. The number of anilines is 1. The predicted molar refractivity (Wildman–Crippen MR) is 74.3 cm³/mol. The Labute approximate surface area is 105 Å². The molecule has 17 heavy (non-hydrogen) atoms. The van der Waals surface area contributed by atoms with Crippen molar-refractivity contribution in [2.45, 2.75) is 72.3 Å². The first kappa shape index (κ1) is 14.1. The summed E-state index contributed by atoms with van der Waals surface area (Å²) in [6, 6.07) is 0. The molecule has 1 atom stereocenters. The van der Waals surface area contributed by atoms with Crippen molar-refractivity contribution in [2.24, 2.45) is 0 Å². The lowest BCUT2D eigenvalue weighted by Crippen LogP contribution is -2.25. The number of hydrogen-bond acceptors (Lipinski definition) is 2. The summed E-state index contributed by atoms with van der Waals surface area (Å²) >= 11 is 0. The Morgan fingerprint density at radius 3 is 2.24 bits per heavy atom. The Hall–Kier alpha value is -0.990. The van der Waals surface area contributed by atoms with Crippen molar-refractivity contribution in [1.82, 2.24) is 9.55 Å². The molecule has 3 heteroatoms. The van der Waals surface area contributed by atoms with Crippen LogP contribution >= 0.6 is 0 Å². The molecule has 1 aromatic rings. The second-order valence-corrected chi connectivity index (χ2v) is 5.85. The highest BCUT2D eigenvalue weighted by Gasteiger charge is 2.24. The quantitative estimate of drug-likeness (QED) is 0.868. The second-order valence-electron chi connectivity index (χ2n) is 5.85. The average Bonchev–Trinajstić information content (AvgIpc) is 2.55. The van der Waals surface area contributed by atoms with Crippen LogP contribution in [0.3, 0.4) is 0 Å². The lowest BCUT2D eigenvalue weighted by atomic mass is 10.0. The van der Waals surface area contributed by atoms with Gasteiger partial charge in [-0.1, -0.05) is 27.2 Å². The van der Waals surface area contributed by atoms with Crippen molar-refractivity contribution in [2.75, 3.05) is 5.73 Å². The Kier molecular flexibility index (Phi) is 4.23. The van der Waals surface area contributed by atoms with E-state index in [2.05, 4.69) is 46.1 Å². The monoisotopic (exact) mass is 237 g/mol. The van der Waals surface area contributed by atoms with E-state index in [0.29, 0.717) is 5.92 Å². The molecule has 1 rings (SSSR count). The van der Waals surface area contributed by atoms with Crippen LogP contribution in [0.2, 0.25) is 0 Å². The maximum absolute atomic E-state index is 6.30. The van der Waals surface area contributed by atoms with Crippen LogP contribution in [-0.2, 0) is 12.0 Å². The van der Waals surface area contributed by atoms with Crippen molar-refractivity contribution in [1.29, 1.82) is 0 Å². The molecule has 0 aliphatic rings. The van der Waals surface area contributed by atoms with Crippen molar-refractivity contribution >= 4 is 5.82 Å². The first-order chi connectivity index (χ1) is 7.82. The van der Waals surface area contributed by atoms with E-state index < -0.39 is 0 Å². The third-order valence-corrected chi connectivity index (χ3v) is 3.19. The standard InChI is InChI=1S/C14H27N3/c1-7-9-10(3)12-13(15)17(14(4,5)6)11(8-2)16-12/h10H,7-9,15H2,1-6H3. The number of aromatic nitrogens is 2. The van der Waals surface area contributed by atoms with Crippen LogP contribution in [0.5, 0.6) is 0 Å². The number of nitrogens with two attached hydrogens (primary N) is 1. The van der Waals surface area contributed by atoms with Gasteiger partial charge in [0.1, 0.15) is 11.6 Å². The molecule has 0 saturated carbocycles. The van der Waals surface area contributed by atoms with E-state index in [-0.39, 0.29) is 5.54 Å². The van der Waals surface area contributed by atoms with Gasteiger partial charge in [-0.15, -0.1) is 0 Å². The molecule has 1 aromatic heterocycles. The van der Waals surface area contributed by atoms with Crippen LogP contribution in [0.15, 0.2) is 0 Å². The van der Waals surface area contributed by atoms with E-state index in [9.17, 15) is 0 Å². The molecule has 0 aromatic carbocycles. The molecule has 98 valence electrons. The molecule has 0 spiro atoms. The largest absolute Gasteiger partial charge is 0.384 e. The van der Waals surface area contributed by atoms with Gasteiger partial charge in [0.15, 0.2) is 0 Å². The van der Waals surface area contributed by atoms with Crippen molar-refractivity contribution in [3.63, 3.8) is 0 Å². The minimum atomic E-state index is 0.00656. The molecule has 1 heterocycles. The third-order valence-electron chi connectivity index (χ3n) is 3.19. The van der Waals surface area contributed by atoms with Gasteiger partial charge in [0.25, 0.3) is 0 Å². The summed E-state index contributed by atoms with van der Waals surface area (Å²) < 4.78 is 2.19. The van der Waals surface area contributed by atoms with Crippen LogP contribution in [-0.4, -0.2) is 9.55 Å². The van der Waals surface area contributed by atoms with Gasteiger partial charge in [-0.2, -0.15) is 0 Å². The molecule has 0 bridgehead atoms. The Morgan fingerprint density at radius 2 is 1.88 bits per heavy atom. The Bertz CT molecular complexity index is 372. The summed E-state index contributed by atoms with van der Waals surface area (Å²) in [5.74, 6) is 2.41. The number of nitrogens with zero attached hydrogens (tertiary/aromatic N) is 2. The highest BCUT2D eigenvalue weighted by molar-refractivity contribution is 5.41. The zero-order valence-corrected chi connectivity index (χ0v) is 12.2. The molecule has 1 unspecified atom stereocenters. The zero-order chi connectivity index (χ0) is 13.2. The molecule has 0 amide bonds. The van der Waals surface area contributed by atoms with Crippen LogP contribution in [0, 0.1) is 0 Å². The summed E-state index contributed by atoms with van der Waals surface area (Å²) in [6.07, 6.45) is 3.25. The number of imidazole rings is 1. The van der Waals surface area contributed by atoms with E-state index in [0.717, 1.165) is 30.2 Å². The first-order valence-electron chi connectivity index (χ1n) is 6.70. The highest BCUT2D eigenvalue weighted by Crippen LogP contribution is 2.31. The highest BCUT2D eigenvalue weighted by atomic mass is 15.2. The fourth-order valence-corrected chi connectivity index (χ4v) is 2.42. The van der Waals surface area contributed by atoms with E-state index >= 15 is 0 Å². The lowest BCUT2D eigenvalue weighted by molar-refractivity contribution is 0.389. The summed E-state index contributed by atoms with van der Waals surface area (Å²) in [4.78, 5) is 4.75. The summed E-state index contributed by atoms with van der Waals surface area (Å²) in [6.45, 7) is 13.1. The van der Waals surface area contributed by atoms with Gasteiger partial charge >= 0.3 is 0 Å². The van der Waals surface area contributed by atoms with E-state index in [1.165, 1.54) is 6.42 Å². The fraction of sp³-hybridized carbons (Fsp3) is 0.786.